The number of aromatic nitrogens is 2. The van der Waals surface area contributed by atoms with Crippen LogP contribution in [-0.2, 0) is 0 Å². The highest BCUT2D eigenvalue weighted by molar-refractivity contribution is 6.33. The lowest BCUT2D eigenvalue weighted by Gasteiger charge is -2.03. The second kappa shape index (κ2) is 4.98. The van der Waals surface area contributed by atoms with Crippen molar-refractivity contribution in [1.29, 1.82) is 0 Å². The third kappa shape index (κ3) is 2.26. The summed E-state index contributed by atoms with van der Waals surface area (Å²) in [6.45, 7) is 0. The number of hydrogen-bond donors (Lipinski definition) is 1. The summed E-state index contributed by atoms with van der Waals surface area (Å²) >= 11 is 6.15. The zero-order chi connectivity index (χ0) is 14.1. The molecule has 0 radical (unpaired) electrons. The molecule has 0 aliphatic carbocycles. The Morgan fingerprint density at radius 3 is 2.45 bits per heavy atom. The highest BCUT2D eigenvalue weighted by Crippen LogP contribution is 2.28. The fourth-order valence-electron chi connectivity index (χ4n) is 1.99. The van der Waals surface area contributed by atoms with E-state index in [2.05, 4.69) is 5.10 Å². The Morgan fingerprint density at radius 2 is 1.75 bits per heavy atom. The minimum absolute atomic E-state index is 0.300. The first kappa shape index (κ1) is 12.7. The zero-order valence-electron chi connectivity index (χ0n) is 10.4. The summed E-state index contributed by atoms with van der Waals surface area (Å²) in [6.07, 6.45) is 0. The Bertz CT molecular complexity index is 750. The van der Waals surface area contributed by atoms with Gasteiger partial charge in [-0.15, -0.1) is 0 Å². The standard InChI is InChI=1S/C15H11ClFN3/c16-13-4-2-1-3-12(13)14-9-15(18)20(19-14)11-7-5-10(17)6-8-11/h1-9H,18H2. The Hall–Kier alpha value is -2.33. The minimum atomic E-state index is -0.300. The van der Waals surface area contributed by atoms with Crippen molar-refractivity contribution >= 4 is 17.4 Å². The van der Waals surface area contributed by atoms with Crippen LogP contribution in [0.15, 0.2) is 54.6 Å². The second-order valence-electron chi connectivity index (χ2n) is 4.32. The van der Waals surface area contributed by atoms with Crippen LogP contribution in [0.2, 0.25) is 5.02 Å². The lowest BCUT2D eigenvalue weighted by Crippen LogP contribution is -2.01. The molecule has 0 atom stereocenters. The van der Waals surface area contributed by atoms with Crippen LogP contribution < -0.4 is 5.73 Å². The normalized spacial score (nSPS) is 10.7. The topological polar surface area (TPSA) is 43.8 Å². The van der Waals surface area contributed by atoms with Gasteiger partial charge in [-0.2, -0.15) is 5.10 Å². The van der Waals surface area contributed by atoms with Crippen LogP contribution in [0.4, 0.5) is 10.2 Å². The maximum atomic E-state index is 12.9. The summed E-state index contributed by atoms with van der Waals surface area (Å²) < 4.78 is 14.5. The van der Waals surface area contributed by atoms with Gasteiger partial charge in [-0.3, -0.25) is 0 Å². The minimum Gasteiger partial charge on any atom is -0.384 e. The number of benzene rings is 2. The lowest BCUT2D eigenvalue weighted by atomic mass is 10.1. The van der Waals surface area contributed by atoms with Gasteiger partial charge >= 0.3 is 0 Å². The van der Waals surface area contributed by atoms with Crippen LogP contribution in [0.5, 0.6) is 0 Å². The summed E-state index contributed by atoms with van der Waals surface area (Å²) in [4.78, 5) is 0. The summed E-state index contributed by atoms with van der Waals surface area (Å²) in [5, 5.41) is 5.03. The van der Waals surface area contributed by atoms with Crippen molar-refractivity contribution in [3.8, 4) is 16.9 Å². The molecule has 3 rings (SSSR count). The van der Waals surface area contributed by atoms with E-state index in [9.17, 15) is 4.39 Å². The average Bonchev–Trinajstić information content (AvgIpc) is 2.82. The maximum absolute atomic E-state index is 12.9. The van der Waals surface area contributed by atoms with E-state index >= 15 is 0 Å². The first-order valence-electron chi connectivity index (χ1n) is 6.01. The third-order valence-electron chi connectivity index (χ3n) is 2.96. The number of nitrogens with zero attached hydrogens (tertiary/aromatic N) is 2. The molecular weight excluding hydrogens is 277 g/mol. The molecule has 3 aromatic rings. The number of anilines is 1. The number of nitrogens with two attached hydrogens (primary N) is 1. The van der Waals surface area contributed by atoms with E-state index in [-0.39, 0.29) is 5.82 Å². The highest BCUT2D eigenvalue weighted by Gasteiger charge is 2.11. The van der Waals surface area contributed by atoms with Gasteiger partial charge in [0.15, 0.2) is 0 Å². The van der Waals surface area contributed by atoms with Crippen LogP contribution in [-0.4, -0.2) is 9.78 Å². The van der Waals surface area contributed by atoms with Crippen LogP contribution >= 0.6 is 11.6 Å². The van der Waals surface area contributed by atoms with Crippen molar-refractivity contribution in [2.24, 2.45) is 0 Å². The molecule has 3 nitrogen and oxygen atoms in total. The molecule has 1 heterocycles. The predicted octanol–water partition coefficient (Wildman–Crippen LogP) is 3.91. The molecule has 100 valence electrons. The molecule has 5 heteroatoms. The van der Waals surface area contributed by atoms with Crippen LogP contribution in [0.25, 0.3) is 16.9 Å². The fraction of sp³-hybridized carbons (Fsp3) is 0. The third-order valence-corrected chi connectivity index (χ3v) is 3.29. The van der Waals surface area contributed by atoms with Crippen LogP contribution in [0, 0.1) is 5.82 Å². The molecular formula is C15H11ClFN3. The quantitative estimate of drug-likeness (QED) is 0.776. The Balaban J connectivity index is 2.08. The molecule has 2 aromatic carbocycles. The van der Waals surface area contributed by atoms with Gasteiger partial charge < -0.3 is 5.73 Å². The maximum Gasteiger partial charge on any atom is 0.127 e. The largest absolute Gasteiger partial charge is 0.384 e. The van der Waals surface area contributed by atoms with Crippen molar-refractivity contribution in [1.82, 2.24) is 9.78 Å². The molecule has 0 amide bonds. The van der Waals surface area contributed by atoms with E-state index in [0.29, 0.717) is 22.2 Å². The molecule has 2 N–H and O–H groups in total. The smallest absolute Gasteiger partial charge is 0.127 e. The number of nitrogen functional groups attached to an aromatic ring is 1. The monoisotopic (exact) mass is 287 g/mol. The summed E-state index contributed by atoms with van der Waals surface area (Å²) in [7, 11) is 0. The SMILES string of the molecule is Nc1cc(-c2ccccc2Cl)nn1-c1ccc(F)cc1. The van der Waals surface area contributed by atoms with Gasteiger partial charge in [0.25, 0.3) is 0 Å². The summed E-state index contributed by atoms with van der Waals surface area (Å²) in [5.74, 6) is 0.164. The van der Waals surface area contributed by atoms with Crippen molar-refractivity contribution < 1.29 is 4.39 Å². The molecule has 0 aliphatic heterocycles. The molecule has 0 saturated heterocycles. The summed E-state index contributed by atoms with van der Waals surface area (Å²) in [6, 6.07) is 15.1. The number of rotatable bonds is 2. The van der Waals surface area contributed by atoms with Crippen LogP contribution in [0.3, 0.4) is 0 Å². The molecule has 0 spiro atoms. The number of halogens is 2. The molecule has 20 heavy (non-hydrogen) atoms. The van der Waals surface area contributed by atoms with Gasteiger partial charge in [-0.1, -0.05) is 29.8 Å². The molecule has 1 aromatic heterocycles. The van der Waals surface area contributed by atoms with E-state index < -0.39 is 0 Å². The van der Waals surface area contributed by atoms with Gasteiger partial charge in [-0.05, 0) is 30.3 Å². The van der Waals surface area contributed by atoms with Crippen molar-refractivity contribution in [3.63, 3.8) is 0 Å². The predicted molar refractivity (Wildman–Crippen MR) is 78.4 cm³/mol. The Labute approximate surface area is 120 Å². The number of hydrogen-bond acceptors (Lipinski definition) is 2. The van der Waals surface area contributed by atoms with Gasteiger partial charge in [0, 0.05) is 11.6 Å². The van der Waals surface area contributed by atoms with Crippen molar-refractivity contribution in [3.05, 3.63) is 65.4 Å². The molecule has 0 unspecified atom stereocenters. The Morgan fingerprint density at radius 1 is 1.05 bits per heavy atom. The molecule has 0 saturated carbocycles. The van der Waals surface area contributed by atoms with Gasteiger partial charge in [0.1, 0.15) is 11.6 Å². The molecule has 0 bridgehead atoms. The van der Waals surface area contributed by atoms with Crippen molar-refractivity contribution in [2.45, 2.75) is 0 Å². The van der Waals surface area contributed by atoms with Gasteiger partial charge in [0.05, 0.1) is 16.4 Å². The lowest BCUT2D eigenvalue weighted by molar-refractivity contribution is 0.627. The van der Waals surface area contributed by atoms with Gasteiger partial charge in [0.2, 0.25) is 0 Å². The van der Waals surface area contributed by atoms with E-state index in [4.69, 9.17) is 17.3 Å². The second-order valence-corrected chi connectivity index (χ2v) is 4.73. The Kier molecular flexibility index (Phi) is 3.16. The molecule has 0 aliphatic rings. The van der Waals surface area contributed by atoms with Crippen LogP contribution in [0.1, 0.15) is 0 Å². The van der Waals surface area contributed by atoms with E-state index in [1.807, 2.05) is 18.2 Å². The van der Waals surface area contributed by atoms with E-state index in [0.717, 1.165) is 5.56 Å². The fourth-order valence-corrected chi connectivity index (χ4v) is 2.22. The average molecular weight is 288 g/mol. The van der Waals surface area contributed by atoms with Gasteiger partial charge in [-0.25, -0.2) is 9.07 Å². The van der Waals surface area contributed by atoms with E-state index in [1.54, 1.807) is 28.9 Å². The zero-order valence-corrected chi connectivity index (χ0v) is 11.2. The highest BCUT2D eigenvalue weighted by atomic mass is 35.5. The first-order valence-corrected chi connectivity index (χ1v) is 6.39. The first-order chi connectivity index (χ1) is 9.65. The van der Waals surface area contributed by atoms with E-state index in [1.165, 1.54) is 12.1 Å². The molecule has 0 fully saturated rings. The summed E-state index contributed by atoms with van der Waals surface area (Å²) in [5.41, 5.74) is 8.14. The van der Waals surface area contributed by atoms with Crippen molar-refractivity contribution in [2.75, 3.05) is 5.73 Å².